The normalized spacial score (nSPS) is 13.0. The molecular weight excluding hydrogens is 901 g/mol. The molecule has 6 heteroatoms. The van der Waals surface area contributed by atoms with Crippen LogP contribution in [0.4, 0.5) is 0 Å². The number of hydrogen-bond acceptors (Lipinski definition) is 6. The van der Waals surface area contributed by atoms with Crippen molar-refractivity contribution in [2.24, 2.45) is 0 Å². The van der Waals surface area contributed by atoms with Crippen molar-refractivity contribution in [3.8, 4) is 0 Å². The van der Waals surface area contributed by atoms with E-state index in [2.05, 4.69) is 142 Å². The third kappa shape index (κ3) is 58.6. The van der Waals surface area contributed by atoms with Crippen LogP contribution in [0.1, 0.15) is 265 Å². The van der Waals surface area contributed by atoms with E-state index in [1.807, 2.05) is 0 Å². The Morgan fingerprint density at radius 1 is 0.288 bits per heavy atom. The van der Waals surface area contributed by atoms with E-state index in [9.17, 15) is 14.4 Å². The maximum absolute atomic E-state index is 12.9. The van der Waals surface area contributed by atoms with Gasteiger partial charge in [0, 0.05) is 19.3 Å². The zero-order chi connectivity index (χ0) is 52.9. The number of allylic oxidation sites excluding steroid dienone is 20. The van der Waals surface area contributed by atoms with E-state index in [4.69, 9.17) is 14.2 Å². The first kappa shape index (κ1) is 68.8. The van der Waals surface area contributed by atoms with Crippen LogP contribution in [0, 0.1) is 0 Å². The maximum Gasteiger partial charge on any atom is 0.306 e. The highest BCUT2D eigenvalue weighted by atomic mass is 16.6. The van der Waals surface area contributed by atoms with Crippen molar-refractivity contribution in [2.45, 2.75) is 271 Å². The molecule has 6 nitrogen and oxygen atoms in total. The van der Waals surface area contributed by atoms with Crippen LogP contribution >= 0.6 is 0 Å². The Hall–Kier alpha value is -4.19. The minimum atomic E-state index is -0.811. The van der Waals surface area contributed by atoms with Gasteiger partial charge < -0.3 is 14.2 Å². The van der Waals surface area contributed by atoms with Crippen LogP contribution in [0.2, 0.25) is 0 Å². The van der Waals surface area contributed by atoms with Crippen LogP contribution in [0.15, 0.2) is 122 Å². The molecular formula is C67H110O6. The van der Waals surface area contributed by atoms with Gasteiger partial charge in [0.05, 0.1) is 0 Å². The standard InChI is InChI=1S/C67H110O6/c1-4-7-10-13-16-19-22-25-28-31-33-36-38-41-44-47-50-53-56-59-65(68)71-62-64(73-67(70)61-58-55-52-49-46-43-40-35-30-27-24-21-18-15-12-9-6-3)63-72-66(69)60-57-54-51-48-45-42-39-37-34-32-29-26-23-20-17-14-11-8-5-2/h9,12,16-21,25-30,33,36,40-41,43-44,64H,4-8,10-11,13-15,22-24,31-32,34-35,37-39,42,45-63H2,1-3H3/b12-9-,19-16-,20-17-,21-18-,28-25-,29-26-,30-27-,36-33-,43-40-,44-41-/t64-/m1/s1. The summed E-state index contributed by atoms with van der Waals surface area (Å²) in [5.41, 5.74) is 0. The van der Waals surface area contributed by atoms with E-state index >= 15 is 0 Å². The molecule has 0 aliphatic rings. The van der Waals surface area contributed by atoms with Crippen LogP contribution in [0.5, 0.6) is 0 Å². The van der Waals surface area contributed by atoms with Crippen molar-refractivity contribution in [3.05, 3.63) is 122 Å². The molecule has 0 bridgehead atoms. The van der Waals surface area contributed by atoms with Gasteiger partial charge in [-0.2, -0.15) is 0 Å². The topological polar surface area (TPSA) is 78.9 Å². The van der Waals surface area contributed by atoms with Gasteiger partial charge in [-0.15, -0.1) is 0 Å². The van der Waals surface area contributed by atoms with Crippen molar-refractivity contribution >= 4 is 17.9 Å². The lowest BCUT2D eigenvalue weighted by molar-refractivity contribution is -0.167. The van der Waals surface area contributed by atoms with Gasteiger partial charge in [-0.1, -0.05) is 232 Å². The summed E-state index contributed by atoms with van der Waals surface area (Å²) in [6.07, 6.45) is 83.3. The highest BCUT2D eigenvalue weighted by Gasteiger charge is 2.19. The van der Waals surface area contributed by atoms with Crippen LogP contribution in [-0.4, -0.2) is 37.2 Å². The first-order valence-corrected chi connectivity index (χ1v) is 30.0. The Morgan fingerprint density at radius 2 is 0.534 bits per heavy atom. The molecule has 0 rings (SSSR count). The molecule has 414 valence electrons. The molecule has 0 radical (unpaired) electrons. The van der Waals surface area contributed by atoms with Gasteiger partial charge in [0.2, 0.25) is 0 Å². The summed E-state index contributed by atoms with van der Waals surface area (Å²) in [7, 11) is 0. The van der Waals surface area contributed by atoms with Crippen LogP contribution in [-0.2, 0) is 28.6 Å². The van der Waals surface area contributed by atoms with E-state index in [0.29, 0.717) is 12.8 Å². The van der Waals surface area contributed by atoms with Gasteiger partial charge in [-0.25, -0.2) is 0 Å². The van der Waals surface area contributed by atoms with Gasteiger partial charge in [-0.05, 0) is 135 Å². The molecule has 0 saturated carbocycles. The van der Waals surface area contributed by atoms with Crippen LogP contribution in [0.25, 0.3) is 0 Å². The fraction of sp³-hybridized carbons (Fsp3) is 0.657. The average Bonchev–Trinajstić information content (AvgIpc) is 3.39. The SMILES string of the molecule is CC/C=C\C/C=C\C/C=C\C/C=C\CCCCCCC(=O)O[C@H](COC(=O)CCCCC/C=C\C/C=C\C/C=C\C/C=C\CCCCC)COC(=O)CCCCCCCCCCC/C=C\C/C=C\CCCCC. The fourth-order valence-corrected chi connectivity index (χ4v) is 7.92. The largest absolute Gasteiger partial charge is 0.462 e. The molecule has 0 aromatic rings. The monoisotopic (exact) mass is 1010 g/mol. The smallest absolute Gasteiger partial charge is 0.306 e. The predicted octanol–water partition coefficient (Wildman–Crippen LogP) is 20.4. The second-order valence-corrected chi connectivity index (χ2v) is 19.5. The Balaban J connectivity index is 4.50. The van der Waals surface area contributed by atoms with Gasteiger partial charge in [0.25, 0.3) is 0 Å². The second kappa shape index (κ2) is 60.4. The van der Waals surface area contributed by atoms with E-state index in [1.54, 1.807) is 0 Å². The summed E-state index contributed by atoms with van der Waals surface area (Å²) < 4.78 is 16.9. The molecule has 0 spiro atoms. The molecule has 73 heavy (non-hydrogen) atoms. The third-order valence-corrected chi connectivity index (χ3v) is 12.4. The fourth-order valence-electron chi connectivity index (χ4n) is 7.92. The number of carbonyl (C=O) groups is 3. The summed E-state index contributed by atoms with van der Waals surface area (Å²) in [5, 5.41) is 0. The third-order valence-electron chi connectivity index (χ3n) is 12.4. The molecule has 1 atom stereocenters. The average molecular weight is 1010 g/mol. The quantitative estimate of drug-likeness (QED) is 0.0261. The molecule has 0 amide bonds. The van der Waals surface area contributed by atoms with Crippen molar-refractivity contribution in [2.75, 3.05) is 13.2 Å². The number of ether oxygens (including phenoxy) is 3. The first-order valence-electron chi connectivity index (χ1n) is 30.0. The summed E-state index contributed by atoms with van der Waals surface area (Å²) in [5.74, 6) is -0.962. The molecule has 0 heterocycles. The van der Waals surface area contributed by atoms with Crippen molar-refractivity contribution in [1.29, 1.82) is 0 Å². The number of hydrogen-bond donors (Lipinski definition) is 0. The lowest BCUT2D eigenvalue weighted by atomic mass is 10.1. The van der Waals surface area contributed by atoms with Gasteiger partial charge in [0.1, 0.15) is 13.2 Å². The van der Waals surface area contributed by atoms with E-state index in [0.717, 1.165) is 128 Å². The van der Waals surface area contributed by atoms with Crippen LogP contribution < -0.4 is 0 Å². The van der Waals surface area contributed by atoms with E-state index < -0.39 is 6.10 Å². The zero-order valence-corrected chi connectivity index (χ0v) is 47.4. The van der Waals surface area contributed by atoms with Gasteiger partial charge in [-0.3, -0.25) is 14.4 Å². The Morgan fingerprint density at radius 3 is 0.849 bits per heavy atom. The molecule has 0 aliphatic heterocycles. The number of unbranched alkanes of at least 4 members (excludes halogenated alkanes) is 22. The van der Waals surface area contributed by atoms with Gasteiger partial charge >= 0.3 is 17.9 Å². The first-order chi connectivity index (χ1) is 36.0. The molecule has 0 aromatic carbocycles. The molecule has 0 aliphatic carbocycles. The lowest BCUT2D eigenvalue weighted by Gasteiger charge is -2.18. The molecule has 0 N–H and O–H groups in total. The minimum Gasteiger partial charge on any atom is -0.462 e. The Kier molecular flexibility index (Phi) is 56.9. The summed E-state index contributed by atoms with van der Waals surface area (Å²) >= 11 is 0. The maximum atomic E-state index is 12.9. The molecule has 0 saturated heterocycles. The summed E-state index contributed by atoms with van der Waals surface area (Å²) in [6.45, 7) is 6.43. The number of esters is 3. The van der Waals surface area contributed by atoms with Crippen molar-refractivity contribution in [3.63, 3.8) is 0 Å². The van der Waals surface area contributed by atoms with Crippen molar-refractivity contribution < 1.29 is 28.6 Å². The molecule has 0 aromatic heterocycles. The van der Waals surface area contributed by atoms with E-state index in [1.165, 1.54) is 96.3 Å². The predicted molar refractivity (Wildman–Crippen MR) is 316 cm³/mol. The Bertz CT molecular complexity index is 1540. The van der Waals surface area contributed by atoms with Crippen LogP contribution in [0.3, 0.4) is 0 Å². The number of carbonyl (C=O) groups excluding carboxylic acids is 3. The number of rotatable bonds is 53. The lowest BCUT2D eigenvalue weighted by Crippen LogP contribution is -2.30. The molecule has 0 unspecified atom stereocenters. The molecule has 0 fully saturated rings. The van der Waals surface area contributed by atoms with Crippen molar-refractivity contribution in [1.82, 2.24) is 0 Å². The highest BCUT2D eigenvalue weighted by Crippen LogP contribution is 2.14. The zero-order valence-electron chi connectivity index (χ0n) is 47.4. The van der Waals surface area contributed by atoms with Gasteiger partial charge in [0.15, 0.2) is 6.10 Å². The highest BCUT2D eigenvalue weighted by molar-refractivity contribution is 5.71. The minimum absolute atomic E-state index is 0.103. The Labute approximate surface area is 450 Å². The van der Waals surface area contributed by atoms with E-state index in [-0.39, 0.29) is 37.5 Å². The summed E-state index contributed by atoms with van der Waals surface area (Å²) in [4.78, 5) is 38.3. The summed E-state index contributed by atoms with van der Waals surface area (Å²) in [6, 6.07) is 0. The second-order valence-electron chi connectivity index (χ2n) is 19.5.